The zero-order valence-corrected chi connectivity index (χ0v) is 11.7. The van der Waals surface area contributed by atoms with Gasteiger partial charge >= 0.3 is 0 Å². The molecule has 0 radical (unpaired) electrons. The maximum Gasteiger partial charge on any atom is 0.218 e. The average Bonchev–Trinajstić information content (AvgIpc) is 2.98. The third-order valence-corrected chi connectivity index (χ3v) is 3.78. The molecule has 0 bridgehead atoms. The maximum absolute atomic E-state index is 4.31. The molecule has 0 saturated heterocycles. The molecule has 0 aliphatic carbocycles. The molecule has 1 nitrogen and oxygen atoms in total. The van der Waals surface area contributed by atoms with Crippen molar-refractivity contribution in [2.24, 2.45) is 0 Å². The van der Waals surface area contributed by atoms with E-state index in [0.29, 0.717) is 0 Å². The van der Waals surface area contributed by atoms with Gasteiger partial charge in [0.15, 0.2) is 6.07 Å². The third-order valence-electron chi connectivity index (χ3n) is 2.93. The van der Waals surface area contributed by atoms with E-state index < -0.39 is 0 Å². The van der Waals surface area contributed by atoms with Gasteiger partial charge in [0.05, 0.1) is 16.7 Å². The van der Waals surface area contributed by atoms with E-state index in [0.717, 1.165) is 10.4 Å². The minimum absolute atomic E-state index is 0.988. The van der Waals surface area contributed by atoms with E-state index in [2.05, 4.69) is 46.6 Å². The average molecular weight is 275 g/mol. The highest BCUT2D eigenvalue weighted by Crippen LogP contribution is 2.29. The highest BCUT2D eigenvalue weighted by molar-refractivity contribution is 7.10. The summed E-state index contributed by atoms with van der Waals surface area (Å²) in [6.45, 7) is 1.88. The molecular formula is C18H13NS. The molecule has 3 aromatic rings. The molecule has 0 atom stereocenters. The predicted molar refractivity (Wildman–Crippen MR) is 85.9 cm³/mol. The fourth-order valence-corrected chi connectivity index (χ4v) is 2.73. The molecule has 0 amide bonds. The van der Waals surface area contributed by atoms with Crippen molar-refractivity contribution < 1.29 is 0 Å². The van der Waals surface area contributed by atoms with Crippen LogP contribution in [0, 0.1) is 12.6 Å². The summed E-state index contributed by atoms with van der Waals surface area (Å²) in [5, 5.41) is 2.09. The van der Waals surface area contributed by atoms with Crippen LogP contribution in [0.5, 0.6) is 0 Å². The van der Waals surface area contributed by atoms with Crippen molar-refractivity contribution in [1.29, 1.82) is 0 Å². The fourth-order valence-electron chi connectivity index (χ4n) is 1.96. The van der Waals surface area contributed by atoms with Crippen molar-refractivity contribution in [2.75, 3.05) is 0 Å². The Morgan fingerprint density at radius 1 is 0.900 bits per heavy atom. The minimum Gasteiger partial charge on any atom is -0.178 e. The Morgan fingerprint density at radius 3 is 2.35 bits per heavy atom. The number of hydrogen-bond acceptors (Lipinski definition) is 0. The number of rotatable bonds is 2. The van der Waals surface area contributed by atoms with Crippen LogP contribution in [-0.2, 0) is 0 Å². The molecule has 1 heterocycles. The number of hydrogen-bond donors (Lipinski definition) is 0. The van der Waals surface area contributed by atoms with Gasteiger partial charge in [0.1, 0.15) is 4.88 Å². The van der Waals surface area contributed by atoms with Crippen LogP contribution in [0.2, 0.25) is 0 Å². The Kier molecular flexibility index (Phi) is 3.82. The van der Waals surface area contributed by atoms with Crippen LogP contribution in [0.15, 0.2) is 72.1 Å². The Balaban J connectivity index is 1.80. The van der Waals surface area contributed by atoms with Crippen LogP contribution in [-0.4, -0.2) is 0 Å². The summed E-state index contributed by atoms with van der Waals surface area (Å²) in [5.41, 5.74) is 3.42. The molecule has 2 heteroatoms. The molecule has 0 saturated carbocycles. The van der Waals surface area contributed by atoms with Crippen molar-refractivity contribution in [2.45, 2.75) is 0 Å². The number of nitrogens with zero attached hydrogens (tertiary/aromatic N) is 1. The lowest BCUT2D eigenvalue weighted by Gasteiger charge is -2.06. The first kappa shape index (κ1) is 12.5. The molecule has 0 aliphatic heterocycles. The first-order valence-electron chi connectivity index (χ1n) is 6.40. The molecule has 0 fully saturated rings. The highest BCUT2D eigenvalue weighted by Gasteiger charge is 2.05. The standard InChI is InChI=1S/C18H13NS/c1-3-7-15(8-4-1)13-19-14-18-17(11-12-20-18)16-9-5-2-6-10-16/h1-12,14H. The van der Waals surface area contributed by atoms with Gasteiger partial charge in [0.25, 0.3) is 0 Å². The second-order valence-corrected chi connectivity index (χ2v) is 5.25. The van der Waals surface area contributed by atoms with Gasteiger partial charge in [-0.3, -0.25) is 0 Å². The summed E-state index contributed by atoms with van der Waals surface area (Å²) < 4.78 is 0. The van der Waals surface area contributed by atoms with E-state index in [4.69, 9.17) is 0 Å². The van der Waals surface area contributed by atoms with Crippen molar-refractivity contribution in [3.8, 4) is 17.2 Å². The lowest BCUT2D eigenvalue weighted by molar-refractivity contribution is 1.60. The predicted octanol–water partition coefficient (Wildman–Crippen LogP) is 5.31. The van der Waals surface area contributed by atoms with Crippen molar-refractivity contribution >= 4 is 11.3 Å². The maximum atomic E-state index is 4.31. The van der Waals surface area contributed by atoms with E-state index in [-0.39, 0.29) is 0 Å². The molecule has 2 aromatic carbocycles. The van der Waals surface area contributed by atoms with Crippen LogP contribution in [0.1, 0.15) is 10.4 Å². The van der Waals surface area contributed by atoms with Crippen molar-refractivity contribution in [1.82, 2.24) is 0 Å². The molecule has 0 spiro atoms. The molecule has 0 N–H and O–H groups in total. The van der Waals surface area contributed by atoms with Gasteiger partial charge < -0.3 is 0 Å². The Labute approximate surface area is 123 Å². The zero-order chi connectivity index (χ0) is 13.6. The first-order chi connectivity index (χ1) is 9.93. The summed E-state index contributed by atoms with van der Waals surface area (Å²) in [5.74, 6) is 0. The van der Waals surface area contributed by atoms with Crippen molar-refractivity contribution in [3.63, 3.8) is 0 Å². The Hall–Kier alpha value is -2.50. The Morgan fingerprint density at radius 2 is 1.60 bits per heavy atom. The van der Waals surface area contributed by atoms with Crippen LogP contribution in [0.3, 0.4) is 0 Å². The van der Waals surface area contributed by atoms with E-state index in [1.807, 2.05) is 42.9 Å². The second kappa shape index (κ2) is 6.10. The third kappa shape index (κ3) is 2.90. The minimum atomic E-state index is 0.988. The number of benzene rings is 2. The van der Waals surface area contributed by atoms with Gasteiger partial charge in [-0.05, 0) is 0 Å². The summed E-state index contributed by atoms with van der Waals surface area (Å²) in [4.78, 5) is 5.46. The van der Waals surface area contributed by atoms with E-state index in [9.17, 15) is 0 Å². The van der Waals surface area contributed by atoms with Gasteiger partial charge in [-0.25, -0.2) is 0 Å². The van der Waals surface area contributed by atoms with E-state index in [1.165, 1.54) is 11.1 Å². The van der Waals surface area contributed by atoms with Gasteiger partial charge in [0.2, 0.25) is 6.54 Å². The lowest BCUT2D eigenvalue weighted by atomic mass is 10.1. The highest BCUT2D eigenvalue weighted by atomic mass is 32.1. The van der Waals surface area contributed by atoms with Crippen LogP contribution in [0.25, 0.3) is 16.0 Å². The van der Waals surface area contributed by atoms with Crippen LogP contribution in [0.4, 0.5) is 0 Å². The normalized spacial score (nSPS) is 9.60. The lowest BCUT2D eigenvalue weighted by Crippen LogP contribution is -1.78. The number of thiophene rings is 1. The van der Waals surface area contributed by atoms with Gasteiger partial charge in [-0.2, -0.15) is 16.5 Å². The molecule has 20 heavy (non-hydrogen) atoms. The van der Waals surface area contributed by atoms with Gasteiger partial charge in [0, 0.05) is 5.56 Å². The zero-order valence-electron chi connectivity index (χ0n) is 10.9. The summed E-state index contributed by atoms with van der Waals surface area (Å²) >= 11 is 1.69. The van der Waals surface area contributed by atoms with Gasteiger partial charge in [-0.15, -0.1) is 17.7 Å². The monoisotopic (exact) mass is 275 g/mol. The summed E-state index contributed by atoms with van der Waals surface area (Å²) in [6, 6.07) is 25.5. The summed E-state index contributed by atoms with van der Waals surface area (Å²) in [6.07, 6.45) is 0. The SMILES string of the molecule is C(#[N+][CH-][c-]1[s+]ccc1-c1ccccc1)c1ccccc1. The van der Waals surface area contributed by atoms with E-state index in [1.54, 1.807) is 11.3 Å². The smallest absolute Gasteiger partial charge is 0.178 e. The van der Waals surface area contributed by atoms with Crippen LogP contribution >= 0.6 is 11.3 Å². The first-order valence-corrected chi connectivity index (χ1v) is 7.28. The van der Waals surface area contributed by atoms with Crippen LogP contribution < -0.4 is 0 Å². The summed E-state index contributed by atoms with van der Waals surface area (Å²) in [7, 11) is 0. The molecule has 0 aliphatic rings. The van der Waals surface area contributed by atoms with E-state index >= 15 is 0 Å². The topological polar surface area (TPSA) is 4.36 Å². The molecule has 0 unspecified atom stereocenters. The van der Waals surface area contributed by atoms with Gasteiger partial charge in [-0.1, -0.05) is 48.5 Å². The fraction of sp³-hybridized carbons (Fsp3) is 0. The molecule has 96 valence electrons. The van der Waals surface area contributed by atoms with Crippen molar-refractivity contribution in [3.05, 3.63) is 93.9 Å². The molecule has 1 aromatic heterocycles. The largest absolute Gasteiger partial charge is 0.218 e. The quantitative estimate of drug-likeness (QED) is 0.441. The second-order valence-electron chi connectivity index (χ2n) is 4.30. The molecule has 3 rings (SSSR count). The molecular weight excluding hydrogens is 262 g/mol. The Bertz CT molecular complexity index is 733.